The number of aryl methyl sites for hydroxylation is 2. The van der Waals surface area contributed by atoms with Gasteiger partial charge in [0.15, 0.2) is 5.71 Å². The Kier molecular flexibility index (Phi) is 5.52. The van der Waals surface area contributed by atoms with Crippen molar-refractivity contribution in [1.29, 1.82) is 0 Å². The van der Waals surface area contributed by atoms with Crippen molar-refractivity contribution >= 4 is 45.6 Å². The molecule has 0 fully saturated rings. The monoisotopic (exact) mass is 485 g/mol. The van der Waals surface area contributed by atoms with E-state index in [9.17, 15) is 14.7 Å². The lowest BCUT2D eigenvalue weighted by Gasteiger charge is -2.37. The van der Waals surface area contributed by atoms with Crippen LogP contribution in [-0.2, 0) is 22.4 Å². The third-order valence-corrected chi connectivity index (χ3v) is 8.69. The molecule has 178 valence electrons. The summed E-state index contributed by atoms with van der Waals surface area (Å²) in [6, 6.07) is 13.6. The quantitative estimate of drug-likeness (QED) is 0.624. The zero-order chi connectivity index (χ0) is 24.1. The SMILES string of the molecule is CC1C=C(c2cc3c4c(c2)CCCN4CCC3)SC1/C=C1\C(=O)N(c2ccccc2)N=C1C(=O)O. The van der Waals surface area contributed by atoms with E-state index in [1.54, 1.807) is 42.1 Å². The van der Waals surface area contributed by atoms with Crippen LogP contribution in [0.3, 0.4) is 0 Å². The second-order valence-corrected chi connectivity index (χ2v) is 10.8. The molecule has 1 N–H and O–H groups in total. The third kappa shape index (κ3) is 3.88. The first kappa shape index (κ1) is 22.2. The Balaban J connectivity index is 1.29. The summed E-state index contributed by atoms with van der Waals surface area (Å²) in [5, 5.41) is 15.1. The number of carbonyl (C=O) groups is 2. The van der Waals surface area contributed by atoms with Crippen LogP contribution in [0.4, 0.5) is 11.4 Å². The molecule has 0 spiro atoms. The number of hydrogen-bond acceptors (Lipinski definition) is 5. The first-order valence-corrected chi connectivity index (χ1v) is 13.1. The number of para-hydroxylation sites is 1. The topological polar surface area (TPSA) is 73.2 Å². The molecule has 0 aromatic heterocycles. The first-order chi connectivity index (χ1) is 17.0. The summed E-state index contributed by atoms with van der Waals surface area (Å²) in [7, 11) is 0. The number of benzene rings is 2. The number of anilines is 2. The molecule has 7 heteroatoms. The fourth-order valence-corrected chi connectivity index (χ4v) is 6.89. The smallest absolute Gasteiger partial charge is 0.357 e. The van der Waals surface area contributed by atoms with Crippen molar-refractivity contribution < 1.29 is 14.7 Å². The molecule has 4 aliphatic rings. The molecule has 2 unspecified atom stereocenters. The Bertz CT molecular complexity index is 1280. The maximum absolute atomic E-state index is 13.2. The minimum Gasteiger partial charge on any atom is -0.476 e. The van der Waals surface area contributed by atoms with Gasteiger partial charge in [0.05, 0.1) is 11.3 Å². The van der Waals surface area contributed by atoms with Crippen LogP contribution < -0.4 is 9.91 Å². The van der Waals surface area contributed by atoms with Gasteiger partial charge in [-0.25, -0.2) is 4.79 Å². The molecule has 6 rings (SSSR count). The highest BCUT2D eigenvalue weighted by atomic mass is 32.2. The number of aliphatic carboxylic acids is 1. The van der Waals surface area contributed by atoms with E-state index in [0.29, 0.717) is 5.69 Å². The molecule has 0 aliphatic carbocycles. The maximum atomic E-state index is 13.2. The van der Waals surface area contributed by atoms with Gasteiger partial charge in [-0.1, -0.05) is 37.3 Å². The molecule has 4 aliphatic heterocycles. The van der Waals surface area contributed by atoms with Gasteiger partial charge in [-0.2, -0.15) is 10.1 Å². The normalized spacial score (nSPS) is 24.5. The van der Waals surface area contributed by atoms with Gasteiger partial charge in [-0.15, -0.1) is 11.8 Å². The van der Waals surface area contributed by atoms with Crippen molar-refractivity contribution in [3.8, 4) is 0 Å². The minimum atomic E-state index is -1.19. The number of amides is 1. The zero-order valence-corrected chi connectivity index (χ0v) is 20.4. The predicted octanol–water partition coefficient (Wildman–Crippen LogP) is 4.89. The van der Waals surface area contributed by atoms with Crippen LogP contribution >= 0.6 is 11.8 Å². The van der Waals surface area contributed by atoms with Crippen LogP contribution in [0.15, 0.2) is 65.3 Å². The number of carboxylic acids is 1. The van der Waals surface area contributed by atoms with Crippen LogP contribution in [0.2, 0.25) is 0 Å². The lowest BCUT2D eigenvalue weighted by atomic mass is 9.89. The van der Waals surface area contributed by atoms with Gasteiger partial charge < -0.3 is 10.0 Å². The second kappa shape index (κ2) is 8.72. The molecule has 1 amide bonds. The van der Waals surface area contributed by atoms with E-state index in [1.807, 2.05) is 6.07 Å². The van der Waals surface area contributed by atoms with Crippen LogP contribution in [0.25, 0.3) is 4.91 Å². The molecule has 0 radical (unpaired) electrons. The van der Waals surface area contributed by atoms with E-state index < -0.39 is 11.9 Å². The highest BCUT2D eigenvalue weighted by molar-refractivity contribution is 8.09. The van der Waals surface area contributed by atoms with Crippen molar-refractivity contribution in [1.82, 2.24) is 0 Å². The highest BCUT2D eigenvalue weighted by Gasteiger charge is 2.37. The maximum Gasteiger partial charge on any atom is 0.357 e. The number of carbonyl (C=O) groups excluding carboxylic acids is 1. The summed E-state index contributed by atoms with van der Waals surface area (Å²) in [6.07, 6.45) is 8.71. The van der Waals surface area contributed by atoms with E-state index >= 15 is 0 Å². The lowest BCUT2D eigenvalue weighted by Crippen LogP contribution is -2.34. The van der Waals surface area contributed by atoms with Crippen molar-refractivity contribution in [3.05, 3.63) is 76.9 Å². The molecule has 6 nitrogen and oxygen atoms in total. The summed E-state index contributed by atoms with van der Waals surface area (Å²) in [5.41, 5.74) is 6.13. The summed E-state index contributed by atoms with van der Waals surface area (Å²) < 4.78 is 0. The molecule has 2 aromatic rings. The molecule has 35 heavy (non-hydrogen) atoms. The molecule has 2 atom stereocenters. The number of rotatable bonds is 4. The van der Waals surface area contributed by atoms with E-state index in [4.69, 9.17) is 0 Å². The molecule has 0 saturated heterocycles. The van der Waals surface area contributed by atoms with Crippen LogP contribution in [0, 0.1) is 5.92 Å². The third-order valence-electron chi connectivity index (χ3n) is 7.22. The lowest BCUT2D eigenvalue weighted by molar-refractivity contribution is -0.129. The van der Waals surface area contributed by atoms with Gasteiger partial charge in [0.2, 0.25) is 0 Å². The van der Waals surface area contributed by atoms with E-state index in [2.05, 4.69) is 35.1 Å². The minimum absolute atomic E-state index is 0.0342. The van der Waals surface area contributed by atoms with Gasteiger partial charge in [-0.3, -0.25) is 4.79 Å². The van der Waals surface area contributed by atoms with Gasteiger partial charge in [-0.05, 0) is 72.6 Å². The summed E-state index contributed by atoms with van der Waals surface area (Å²) >= 11 is 1.71. The Morgan fingerprint density at radius 3 is 2.46 bits per heavy atom. The largest absolute Gasteiger partial charge is 0.476 e. The number of hydrazone groups is 1. The second-order valence-electron chi connectivity index (χ2n) is 9.60. The fourth-order valence-electron chi connectivity index (χ4n) is 5.55. The van der Waals surface area contributed by atoms with Crippen molar-refractivity contribution in [2.24, 2.45) is 11.0 Å². The van der Waals surface area contributed by atoms with Gasteiger partial charge in [0.1, 0.15) is 0 Å². The first-order valence-electron chi connectivity index (χ1n) is 12.2. The number of nitrogens with zero attached hydrogens (tertiary/aromatic N) is 3. The Labute approximate surface area is 209 Å². The fraction of sp³-hybridized carbons (Fsp3) is 0.321. The van der Waals surface area contributed by atoms with Crippen LogP contribution in [0.5, 0.6) is 0 Å². The number of allylic oxidation sites excluding steroid dienone is 1. The Morgan fingerprint density at radius 2 is 1.80 bits per heavy atom. The molecule has 0 saturated carbocycles. The number of thioether (sulfide) groups is 1. The molecular weight excluding hydrogens is 458 g/mol. The van der Waals surface area contributed by atoms with E-state index in [1.165, 1.54) is 45.1 Å². The summed E-state index contributed by atoms with van der Waals surface area (Å²) in [5.74, 6) is -1.42. The van der Waals surface area contributed by atoms with Crippen LogP contribution in [0.1, 0.15) is 36.5 Å². The van der Waals surface area contributed by atoms with Crippen molar-refractivity contribution in [2.75, 3.05) is 23.0 Å². The average Bonchev–Trinajstić information content (AvgIpc) is 3.40. The van der Waals surface area contributed by atoms with Crippen molar-refractivity contribution in [2.45, 2.75) is 37.9 Å². The zero-order valence-electron chi connectivity index (χ0n) is 19.6. The van der Waals surface area contributed by atoms with Gasteiger partial charge in [0, 0.05) is 28.9 Å². The van der Waals surface area contributed by atoms with Gasteiger partial charge in [0.25, 0.3) is 5.91 Å². The average molecular weight is 486 g/mol. The standard InChI is InChI=1S/C28H27N3O3S/c1-17-13-24(20-14-18-7-5-11-30-12-6-8-19(15-20)26(18)30)35-23(17)16-22-25(28(33)34)29-31(27(22)32)21-9-3-2-4-10-21/h2-4,9-10,13-17,23H,5-8,11-12H2,1H3,(H,33,34)/b22-16-. The van der Waals surface area contributed by atoms with E-state index in [-0.39, 0.29) is 22.5 Å². The summed E-state index contributed by atoms with van der Waals surface area (Å²) in [6.45, 7) is 4.44. The van der Waals surface area contributed by atoms with E-state index in [0.717, 1.165) is 25.9 Å². The molecule has 2 aromatic carbocycles. The predicted molar refractivity (Wildman–Crippen MR) is 141 cm³/mol. The highest BCUT2D eigenvalue weighted by Crippen LogP contribution is 2.46. The number of carboxylic acid groups (broad SMARTS) is 1. The molecule has 0 bridgehead atoms. The number of hydrogen-bond donors (Lipinski definition) is 1. The Morgan fingerprint density at radius 1 is 1.11 bits per heavy atom. The molecular formula is C28H27N3O3S. The van der Waals surface area contributed by atoms with Crippen molar-refractivity contribution in [3.63, 3.8) is 0 Å². The molecule has 4 heterocycles. The Hall–Kier alpha value is -3.32. The van der Waals surface area contributed by atoms with Gasteiger partial charge >= 0.3 is 5.97 Å². The van der Waals surface area contributed by atoms with Crippen LogP contribution in [-0.4, -0.2) is 41.0 Å². The summed E-state index contributed by atoms with van der Waals surface area (Å²) in [4.78, 5) is 28.9.